The summed E-state index contributed by atoms with van der Waals surface area (Å²) in [4.78, 5) is 7.05. The number of rotatable bonds is 3. The predicted molar refractivity (Wildman–Crippen MR) is 63.3 cm³/mol. The number of nitrogens with zero attached hydrogens (tertiary/aromatic N) is 3. The second kappa shape index (κ2) is 4.55. The lowest BCUT2D eigenvalue weighted by molar-refractivity contribution is 0.320. The van der Waals surface area contributed by atoms with E-state index >= 15 is 0 Å². The van der Waals surface area contributed by atoms with Crippen LogP contribution in [0.5, 0.6) is 0 Å². The van der Waals surface area contributed by atoms with Gasteiger partial charge in [-0.25, -0.2) is 4.98 Å². The molecule has 0 aliphatic carbocycles. The van der Waals surface area contributed by atoms with E-state index in [1.807, 2.05) is 6.33 Å². The highest BCUT2D eigenvalue weighted by Crippen LogP contribution is 2.13. The van der Waals surface area contributed by atoms with Crippen molar-refractivity contribution in [2.75, 3.05) is 26.2 Å². The molecule has 0 saturated carbocycles. The second-order valence-corrected chi connectivity index (χ2v) is 4.81. The fourth-order valence-corrected chi connectivity index (χ4v) is 2.75. The molecular weight excluding hydrogens is 200 g/mol. The smallest absolute Gasteiger partial charge is 0.0952 e. The number of fused-ring (bicyclic) bond motifs is 1. The van der Waals surface area contributed by atoms with Crippen molar-refractivity contribution in [2.45, 2.75) is 32.4 Å². The normalized spacial score (nSPS) is 21.2. The first kappa shape index (κ1) is 10.3. The number of nitrogens with one attached hydrogen (secondary N) is 1. The molecule has 0 bridgehead atoms. The minimum Gasteiger partial charge on any atom is -0.333 e. The van der Waals surface area contributed by atoms with Crippen molar-refractivity contribution >= 4 is 0 Å². The molecule has 4 nitrogen and oxygen atoms in total. The largest absolute Gasteiger partial charge is 0.333 e. The van der Waals surface area contributed by atoms with Crippen molar-refractivity contribution < 1.29 is 0 Å². The molecule has 1 aromatic heterocycles. The summed E-state index contributed by atoms with van der Waals surface area (Å²) in [5.41, 5.74) is 2.71. The van der Waals surface area contributed by atoms with Gasteiger partial charge < -0.3 is 14.8 Å². The summed E-state index contributed by atoms with van der Waals surface area (Å²) in [6.07, 6.45) is 5.92. The Bertz CT molecular complexity index is 352. The molecule has 88 valence electrons. The molecular formula is C12H20N4. The van der Waals surface area contributed by atoms with E-state index in [1.54, 1.807) is 0 Å². The fraction of sp³-hybridized carbons (Fsp3) is 0.750. The lowest BCUT2D eigenvalue weighted by atomic mass is 10.2. The summed E-state index contributed by atoms with van der Waals surface area (Å²) in [7, 11) is 0. The van der Waals surface area contributed by atoms with Crippen LogP contribution in [0.2, 0.25) is 0 Å². The number of hydrogen-bond acceptors (Lipinski definition) is 3. The zero-order chi connectivity index (χ0) is 10.8. The van der Waals surface area contributed by atoms with Gasteiger partial charge in [0, 0.05) is 38.3 Å². The Labute approximate surface area is 96.7 Å². The Balaban J connectivity index is 1.63. The van der Waals surface area contributed by atoms with Gasteiger partial charge in [0.15, 0.2) is 0 Å². The third kappa shape index (κ3) is 1.99. The van der Waals surface area contributed by atoms with Gasteiger partial charge in [0.2, 0.25) is 0 Å². The molecule has 16 heavy (non-hydrogen) atoms. The molecule has 1 fully saturated rings. The van der Waals surface area contributed by atoms with E-state index in [9.17, 15) is 0 Å². The summed E-state index contributed by atoms with van der Waals surface area (Å²) in [6.45, 7) is 6.93. The summed E-state index contributed by atoms with van der Waals surface area (Å²) < 4.78 is 2.36. The monoisotopic (exact) mass is 220 g/mol. The highest BCUT2D eigenvalue weighted by molar-refractivity contribution is 5.16. The van der Waals surface area contributed by atoms with Gasteiger partial charge in [-0.3, -0.25) is 0 Å². The first-order valence-corrected chi connectivity index (χ1v) is 6.39. The summed E-state index contributed by atoms with van der Waals surface area (Å²) >= 11 is 0. The minimum absolute atomic E-state index is 0.950. The second-order valence-electron chi connectivity index (χ2n) is 4.81. The lowest BCUT2D eigenvalue weighted by Crippen LogP contribution is -2.27. The van der Waals surface area contributed by atoms with Gasteiger partial charge in [0.25, 0.3) is 0 Å². The van der Waals surface area contributed by atoms with Gasteiger partial charge in [0.05, 0.1) is 12.0 Å². The first-order chi connectivity index (χ1) is 7.93. The third-order valence-electron chi connectivity index (χ3n) is 3.72. The molecule has 0 radical (unpaired) electrons. The Morgan fingerprint density at radius 2 is 2.12 bits per heavy atom. The maximum Gasteiger partial charge on any atom is 0.0952 e. The number of aromatic nitrogens is 2. The summed E-state index contributed by atoms with van der Waals surface area (Å²) in [5.74, 6) is 0. The van der Waals surface area contributed by atoms with E-state index in [0.717, 1.165) is 26.1 Å². The van der Waals surface area contributed by atoms with Crippen LogP contribution in [-0.4, -0.2) is 40.6 Å². The van der Waals surface area contributed by atoms with Crippen molar-refractivity contribution in [1.82, 2.24) is 19.8 Å². The van der Waals surface area contributed by atoms with Crippen molar-refractivity contribution in [1.29, 1.82) is 0 Å². The zero-order valence-corrected chi connectivity index (χ0v) is 9.78. The molecule has 3 heterocycles. The van der Waals surface area contributed by atoms with Crippen LogP contribution in [0.4, 0.5) is 0 Å². The maximum atomic E-state index is 4.48. The number of hydrogen-bond donors (Lipinski definition) is 1. The Kier molecular flexibility index (Phi) is 2.93. The average Bonchev–Trinajstić information content (AvgIpc) is 2.96. The Morgan fingerprint density at radius 1 is 1.25 bits per heavy atom. The molecule has 3 rings (SSSR count). The molecule has 0 spiro atoms. The highest BCUT2D eigenvalue weighted by atomic mass is 15.2. The van der Waals surface area contributed by atoms with Crippen LogP contribution in [0.25, 0.3) is 0 Å². The van der Waals surface area contributed by atoms with Gasteiger partial charge in [-0.05, 0) is 25.9 Å². The topological polar surface area (TPSA) is 33.1 Å². The standard InChI is InChI=1S/C12H20N4/c1-2-6-15(5-1)7-8-16-10-14-11-9-13-4-3-12(11)16/h10,13H,1-9H2. The third-order valence-corrected chi connectivity index (χ3v) is 3.72. The van der Waals surface area contributed by atoms with Crippen LogP contribution >= 0.6 is 0 Å². The van der Waals surface area contributed by atoms with Gasteiger partial charge in [-0.15, -0.1) is 0 Å². The number of likely N-dealkylation sites (tertiary alicyclic amines) is 1. The van der Waals surface area contributed by atoms with Crippen LogP contribution in [0.3, 0.4) is 0 Å². The Morgan fingerprint density at radius 3 is 3.00 bits per heavy atom. The molecule has 0 unspecified atom stereocenters. The van der Waals surface area contributed by atoms with Crippen LogP contribution in [0.1, 0.15) is 24.2 Å². The van der Waals surface area contributed by atoms with Gasteiger partial charge in [-0.2, -0.15) is 0 Å². The summed E-state index contributed by atoms with van der Waals surface area (Å²) in [6, 6.07) is 0. The molecule has 1 saturated heterocycles. The van der Waals surface area contributed by atoms with Crippen LogP contribution in [-0.2, 0) is 19.5 Å². The zero-order valence-electron chi connectivity index (χ0n) is 9.78. The average molecular weight is 220 g/mol. The van der Waals surface area contributed by atoms with Crippen LogP contribution in [0, 0.1) is 0 Å². The van der Waals surface area contributed by atoms with Crippen LogP contribution < -0.4 is 5.32 Å². The van der Waals surface area contributed by atoms with Crippen molar-refractivity contribution in [3.8, 4) is 0 Å². The molecule has 0 aromatic carbocycles. The molecule has 1 aromatic rings. The van der Waals surface area contributed by atoms with Gasteiger partial charge in [0.1, 0.15) is 0 Å². The van der Waals surface area contributed by atoms with E-state index < -0.39 is 0 Å². The molecule has 4 heteroatoms. The first-order valence-electron chi connectivity index (χ1n) is 6.39. The maximum absolute atomic E-state index is 4.48. The molecule has 2 aliphatic heterocycles. The SMILES string of the molecule is c1nc2c(n1CCN1CCCC1)CCNC2. The van der Waals surface area contributed by atoms with Gasteiger partial charge >= 0.3 is 0 Å². The predicted octanol–water partition coefficient (Wildman–Crippen LogP) is 0.625. The molecule has 2 aliphatic rings. The molecule has 1 N–H and O–H groups in total. The van der Waals surface area contributed by atoms with E-state index in [-0.39, 0.29) is 0 Å². The Hall–Kier alpha value is -0.870. The van der Waals surface area contributed by atoms with Crippen LogP contribution in [0.15, 0.2) is 6.33 Å². The minimum atomic E-state index is 0.950. The van der Waals surface area contributed by atoms with Gasteiger partial charge in [-0.1, -0.05) is 0 Å². The highest BCUT2D eigenvalue weighted by Gasteiger charge is 2.16. The van der Waals surface area contributed by atoms with E-state index in [0.29, 0.717) is 0 Å². The van der Waals surface area contributed by atoms with E-state index in [1.165, 1.54) is 43.9 Å². The molecule has 0 atom stereocenters. The van der Waals surface area contributed by atoms with Crippen molar-refractivity contribution in [3.05, 3.63) is 17.7 Å². The molecule has 0 amide bonds. The van der Waals surface area contributed by atoms with Crippen molar-refractivity contribution in [2.24, 2.45) is 0 Å². The quantitative estimate of drug-likeness (QED) is 0.811. The van der Waals surface area contributed by atoms with Crippen molar-refractivity contribution in [3.63, 3.8) is 0 Å². The van der Waals surface area contributed by atoms with E-state index in [4.69, 9.17) is 0 Å². The number of imidazole rings is 1. The fourth-order valence-electron chi connectivity index (χ4n) is 2.75. The lowest BCUT2D eigenvalue weighted by Gasteiger charge is -2.18. The summed E-state index contributed by atoms with van der Waals surface area (Å²) in [5, 5.41) is 3.37. The van der Waals surface area contributed by atoms with E-state index in [2.05, 4.69) is 19.8 Å².